The highest BCUT2D eigenvalue weighted by Crippen LogP contribution is 2.22. The molecular weight excluding hydrogens is 422 g/mol. The third-order valence-electron chi connectivity index (χ3n) is 4.53. The second-order valence-electron chi connectivity index (χ2n) is 7.50. The van der Waals surface area contributed by atoms with Crippen LogP contribution in [-0.2, 0) is 22.4 Å². The predicted molar refractivity (Wildman–Crippen MR) is 130 cm³/mol. The minimum Gasteiger partial charge on any atom is -0.307 e. The quantitative estimate of drug-likeness (QED) is 0.482. The number of hydrogen-bond acceptors (Lipinski definition) is 6. The van der Waals surface area contributed by atoms with Crippen molar-refractivity contribution >= 4 is 34.1 Å². The number of thiazole rings is 1. The SMILES string of the molecule is CCc1cnc(NC(=O)Cc2cccc(-c3ccc(NC(=O)/C=C/CN(C)C)nc3)c2)s1. The van der Waals surface area contributed by atoms with E-state index < -0.39 is 0 Å². The zero-order chi connectivity index (χ0) is 22.9. The van der Waals surface area contributed by atoms with Gasteiger partial charge < -0.3 is 15.5 Å². The van der Waals surface area contributed by atoms with Gasteiger partial charge in [-0.2, -0.15) is 0 Å². The van der Waals surface area contributed by atoms with Crippen molar-refractivity contribution in [2.45, 2.75) is 19.8 Å². The number of rotatable bonds is 9. The molecule has 2 aromatic heterocycles. The van der Waals surface area contributed by atoms with Crippen LogP contribution >= 0.6 is 11.3 Å². The van der Waals surface area contributed by atoms with Crippen molar-refractivity contribution in [3.63, 3.8) is 0 Å². The van der Waals surface area contributed by atoms with Crippen LogP contribution in [0, 0.1) is 0 Å². The molecular formula is C24H27N5O2S. The lowest BCUT2D eigenvalue weighted by molar-refractivity contribution is -0.115. The maximum atomic E-state index is 12.4. The van der Waals surface area contributed by atoms with E-state index in [1.807, 2.05) is 49.3 Å². The van der Waals surface area contributed by atoms with E-state index in [-0.39, 0.29) is 18.2 Å². The van der Waals surface area contributed by atoms with Gasteiger partial charge in [0.2, 0.25) is 11.8 Å². The lowest BCUT2D eigenvalue weighted by Crippen LogP contribution is -2.14. The number of benzene rings is 1. The number of carbonyl (C=O) groups is 2. The smallest absolute Gasteiger partial charge is 0.249 e. The first-order valence-corrected chi connectivity index (χ1v) is 11.2. The average Bonchev–Trinajstić information content (AvgIpc) is 3.21. The Bertz CT molecular complexity index is 1090. The first kappa shape index (κ1) is 23.3. The van der Waals surface area contributed by atoms with Crippen molar-refractivity contribution in [2.75, 3.05) is 31.3 Å². The Kier molecular flexibility index (Phi) is 8.24. The number of nitrogens with zero attached hydrogens (tertiary/aromatic N) is 3. The molecule has 0 spiro atoms. The summed E-state index contributed by atoms with van der Waals surface area (Å²) in [7, 11) is 3.87. The van der Waals surface area contributed by atoms with Gasteiger partial charge in [-0.3, -0.25) is 9.59 Å². The van der Waals surface area contributed by atoms with Gasteiger partial charge in [0.15, 0.2) is 5.13 Å². The van der Waals surface area contributed by atoms with Gasteiger partial charge in [0.05, 0.1) is 6.42 Å². The summed E-state index contributed by atoms with van der Waals surface area (Å²) in [5.74, 6) is 0.169. The van der Waals surface area contributed by atoms with Gasteiger partial charge >= 0.3 is 0 Å². The standard InChI is InChI=1S/C24H27N5O2S/c1-4-20-16-26-24(32-20)28-23(31)14-17-7-5-8-18(13-17)19-10-11-21(25-15-19)27-22(30)9-6-12-29(2)3/h5-11,13,15-16H,4,12,14H2,1-3H3,(H,25,27,30)(H,26,28,31)/b9-6+. The summed E-state index contributed by atoms with van der Waals surface area (Å²) in [6.45, 7) is 2.75. The number of hydrogen-bond donors (Lipinski definition) is 2. The van der Waals surface area contributed by atoms with Gasteiger partial charge in [-0.1, -0.05) is 37.3 Å². The Morgan fingerprint density at radius 3 is 2.59 bits per heavy atom. The number of amides is 2. The number of aromatic nitrogens is 2. The second-order valence-corrected chi connectivity index (χ2v) is 8.61. The van der Waals surface area contributed by atoms with E-state index in [1.54, 1.807) is 24.5 Å². The van der Waals surface area contributed by atoms with Gasteiger partial charge in [0, 0.05) is 35.5 Å². The highest BCUT2D eigenvalue weighted by Gasteiger charge is 2.09. The molecule has 2 N–H and O–H groups in total. The summed E-state index contributed by atoms with van der Waals surface area (Å²) in [6.07, 6.45) is 7.96. The third kappa shape index (κ3) is 7.11. The molecule has 1 aromatic carbocycles. The van der Waals surface area contributed by atoms with Gasteiger partial charge in [0.1, 0.15) is 5.82 Å². The van der Waals surface area contributed by atoms with E-state index >= 15 is 0 Å². The minimum atomic E-state index is -0.216. The van der Waals surface area contributed by atoms with Crippen molar-refractivity contribution in [3.8, 4) is 11.1 Å². The Morgan fingerprint density at radius 2 is 1.91 bits per heavy atom. The molecule has 32 heavy (non-hydrogen) atoms. The first-order valence-electron chi connectivity index (χ1n) is 10.3. The lowest BCUT2D eigenvalue weighted by Gasteiger charge is -2.07. The molecule has 3 aromatic rings. The first-order chi connectivity index (χ1) is 15.4. The van der Waals surface area contributed by atoms with Gasteiger partial charge in [0.25, 0.3) is 0 Å². The molecule has 0 aliphatic carbocycles. The Labute approximate surface area is 192 Å². The number of anilines is 2. The zero-order valence-corrected chi connectivity index (χ0v) is 19.3. The maximum absolute atomic E-state index is 12.4. The van der Waals surface area contributed by atoms with Crippen LogP contribution in [0.1, 0.15) is 17.4 Å². The Hall–Kier alpha value is -3.36. The Morgan fingerprint density at radius 1 is 1.06 bits per heavy atom. The maximum Gasteiger partial charge on any atom is 0.249 e. The molecule has 0 bridgehead atoms. The third-order valence-corrected chi connectivity index (χ3v) is 5.59. The number of likely N-dealkylation sites (N-methyl/N-ethyl adjacent to an activating group) is 1. The van der Waals surface area contributed by atoms with Crippen molar-refractivity contribution in [3.05, 3.63) is 71.4 Å². The van der Waals surface area contributed by atoms with Crippen LogP contribution < -0.4 is 10.6 Å². The van der Waals surface area contributed by atoms with Crippen molar-refractivity contribution in [2.24, 2.45) is 0 Å². The molecule has 2 heterocycles. The molecule has 0 unspecified atom stereocenters. The fourth-order valence-corrected chi connectivity index (χ4v) is 3.68. The van der Waals surface area contributed by atoms with Gasteiger partial charge in [-0.15, -0.1) is 11.3 Å². The van der Waals surface area contributed by atoms with Crippen molar-refractivity contribution in [1.29, 1.82) is 0 Å². The zero-order valence-electron chi connectivity index (χ0n) is 18.5. The summed E-state index contributed by atoms with van der Waals surface area (Å²) in [5, 5.41) is 6.23. The highest BCUT2D eigenvalue weighted by atomic mass is 32.1. The van der Waals surface area contributed by atoms with Crippen molar-refractivity contribution in [1.82, 2.24) is 14.9 Å². The summed E-state index contributed by atoms with van der Waals surface area (Å²) >= 11 is 1.50. The second kappa shape index (κ2) is 11.3. The van der Waals surface area contributed by atoms with Crippen LogP contribution in [0.5, 0.6) is 0 Å². The number of carbonyl (C=O) groups excluding carboxylic acids is 2. The normalized spacial score (nSPS) is 11.1. The van der Waals surface area contributed by atoms with E-state index in [0.717, 1.165) is 28.0 Å². The number of nitrogens with one attached hydrogen (secondary N) is 2. The molecule has 7 nitrogen and oxygen atoms in total. The highest BCUT2D eigenvalue weighted by molar-refractivity contribution is 7.15. The topological polar surface area (TPSA) is 87.2 Å². The number of aryl methyl sites for hydroxylation is 1. The monoisotopic (exact) mass is 449 g/mol. The van der Waals surface area contributed by atoms with Gasteiger partial charge in [-0.25, -0.2) is 9.97 Å². The minimum absolute atomic E-state index is 0.0994. The average molecular weight is 450 g/mol. The molecule has 8 heteroatoms. The summed E-state index contributed by atoms with van der Waals surface area (Å²) in [6, 6.07) is 11.4. The molecule has 0 atom stereocenters. The van der Waals surface area contributed by atoms with Crippen LogP contribution in [0.2, 0.25) is 0 Å². The van der Waals surface area contributed by atoms with E-state index in [4.69, 9.17) is 0 Å². The molecule has 0 aliphatic heterocycles. The molecule has 0 saturated heterocycles. The number of pyridine rings is 1. The summed E-state index contributed by atoms with van der Waals surface area (Å²) in [4.78, 5) is 36.0. The fourth-order valence-electron chi connectivity index (χ4n) is 2.92. The molecule has 0 saturated carbocycles. The predicted octanol–water partition coefficient (Wildman–Crippen LogP) is 4.01. The molecule has 3 rings (SSSR count). The molecule has 0 fully saturated rings. The lowest BCUT2D eigenvalue weighted by atomic mass is 10.0. The summed E-state index contributed by atoms with van der Waals surface area (Å²) < 4.78 is 0. The molecule has 2 amide bonds. The molecule has 0 radical (unpaired) electrons. The summed E-state index contributed by atoms with van der Waals surface area (Å²) in [5.41, 5.74) is 2.76. The van der Waals surface area contributed by atoms with Gasteiger partial charge in [-0.05, 0) is 43.8 Å². The molecule has 166 valence electrons. The van der Waals surface area contributed by atoms with E-state index in [0.29, 0.717) is 17.5 Å². The van der Waals surface area contributed by atoms with E-state index in [1.165, 1.54) is 17.4 Å². The van der Waals surface area contributed by atoms with Crippen LogP contribution in [0.25, 0.3) is 11.1 Å². The molecule has 0 aliphatic rings. The van der Waals surface area contributed by atoms with Crippen LogP contribution in [0.4, 0.5) is 10.9 Å². The Balaban J connectivity index is 1.60. The van der Waals surface area contributed by atoms with Crippen LogP contribution in [0.3, 0.4) is 0 Å². The van der Waals surface area contributed by atoms with Crippen LogP contribution in [0.15, 0.2) is 60.9 Å². The largest absolute Gasteiger partial charge is 0.307 e. The van der Waals surface area contributed by atoms with E-state index in [9.17, 15) is 9.59 Å². The van der Waals surface area contributed by atoms with Crippen LogP contribution in [-0.4, -0.2) is 47.3 Å². The van der Waals surface area contributed by atoms with Crippen molar-refractivity contribution < 1.29 is 9.59 Å². The fraction of sp³-hybridized carbons (Fsp3) is 0.250. The van der Waals surface area contributed by atoms with E-state index in [2.05, 4.69) is 27.5 Å².